The summed E-state index contributed by atoms with van der Waals surface area (Å²) in [6.07, 6.45) is 3.48. The van der Waals surface area contributed by atoms with Crippen LogP contribution in [0, 0.1) is 5.92 Å². The number of hydrogen-bond donors (Lipinski definition) is 1. The lowest BCUT2D eigenvalue weighted by atomic mass is 9.93. The van der Waals surface area contributed by atoms with Crippen LogP contribution in [0.1, 0.15) is 25.0 Å². The van der Waals surface area contributed by atoms with Crippen molar-refractivity contribution in [2.75, 3.05) is 32.4 Å². The van der Waals surface area contributed by atoms with Crippen LogP contribution in [0.2, 0.25) is 0 Å². The highest BCUT2D eigenvalue weighted by atomic mass is 35.5. The zero-order valence-corrected chi connectivity index (χ0v) is 17.4. The molecule has 0 saturated carbocycles. The van der Waals surface area contributed by atoms with Gasteiger partial charge < -0.3 is 14.7 Å². The molecule has 1 amide bonds. The van der Waals surface area contributed by atoms with Crippen LogP contribution < -0.4 is 5.32 Å². The second kappa shape index (κ2) is 11.0. The number of carbonyl (C=O) groups excluding carboxylic acids is 1. The molecule has 1 fully saturated rings. The van der Waals surface area contributed by atoms with E-state index in [4.69, 9.17) is 4.52 Å². The highest BCUT2D eigenvalue weighted by Crippen LogP contribution is 2.26. The fourth-order valence-corrected chi connectivity index (χ4v) is 4.55. The molecule has 5 nitrogen and oxygen atoms in total. The molecule has 0 unspecified atom stereocenters. The molecule has 26 heavy (non-hydrogen) atoms. The predicted molar refractivity (Wildman–Crippen MR) is 111 cm³/mol. The Morgan fingerprint density at radius 1 is 1.46 bits per heavy atom. The minimum absolute atomic E-state index is 0. The first-order chi connectivity index (χ1) is 12.3. The van der Waals surface area contributed by atoms with Crippen LogP contribution in [0.3, 0.4) is 0 Å². The van der Waals surface area contributed by atoms with Crippen molar-refractivity contribution in [2.24, 2.45) is 5.92 Å². The summed E-state index contributed by atoms with van der Waals surface area (Å²) in [5, 5.41) is 9.33. The number of piperidine rings is 1. The summed E-state index contributed by atoms with van der Waals surface area (Å²) in [5.41, 5.74) is 0.895. The van der Waals surface area contributed by atoms with Crippen LogP contribution in [0.5, 0.6) is 0 Å². The van der Waals surface area contributed by atoms with Gasteiger partial charge in [-0.3, -0.25) is 4.79 Å². The number of halogens is 1. The molecule has 0 aliphatic carbocycles. The average molecular weight is 416 g/mol. The van der Waals surface area contributed by atoms with Crippen molar-refractivity contribution in [1.29, 1.82) is 0 Å². The Hall–Kier alpha value is -1.02. The van der Waals surface area contributed by atoms with Crippen LogP contribution in [-0.2, 0) is 10.5 Å². The molecule has 1 N–H and O–H groups in total. The van der Waals surface area contributed by atoms with Gasteiger partial charge in [-0.25, -0.2) is 0 Å². The van der Waals surface area contributed by atoms with E-state index >= 15 is 0 Å². The SMILES string of the molecule is CNCCC1CCN(C(=O)CSCc2cc(-c3cccs3)on2)CC1.Cl. The van der Waals surface area contributed by atoms with Gasteiger partial charge >= 0.3 is 0 Å². The molecule has 3 rings (SSSR count). The Morgan fingerprint density at radius 3 is 2.96 bits per heavy atom. The van der Waals surface area contributed by atoms with Crippen molar-refractivity contribution in [2.45, 2.75) is 25.0 Å². The van der Waals surface area contributed by atoms with E-state index in [9.17, 15) is 4.79 Å². The summed E-state index contributed by atoms with van der Waals surface area (Å²) < 4.78 is 5.37. The highest BCUT2D eigenvalue weighted by Gasteiger charge is 2.22. The van der Waals surface area contributed by atoms with Crippen LogP contribution in [0.25, 0.3) is 10.6 Å². The van der Waals surface area contributed by atoms with Crippen LogP contribution in [-0.4, -0.2) is 48.4 Å². The number of nitrogens with one attached hydrogen (secondary N) is 1. The topological polar surface area (TPSA) is 58.4 Å². The third kappa shape index (κ3) is 6.01. The Labute approximate surface area is 169 Å². The van der Waals surface area contributed by atoms with Gasteiger partial charge in [0, 0.05) is 24.9 Å². The number of rotatable bonds is 8. The molecule has 144 valence electrons. The van der Waals surface area contributed by atoms with E-state index in [1.54, 1.807) is 23.1 Å². The second-order valence-electron chi connectivity index (χ2n) is 6.37. The van der Waals surface area contributed by atoms with Crippen molar-refractivity contribution in [1.82, 2.24) is 15.4 Å². The molecule has 0 radical (unpaired) electrons. The molecule has 1 aliphatic rings. The molecular weight excluding hydrogens is 390 g/mol. The molecule has 0 bridgehead atoms. The van der Waals surface area contributed by atoms with Gasteiger partial charge in [0.15, 0.2) is 5.76 Å². The Balaban J connectivity index is 0.00000243. The molecule has 0 spiro atoms. The molecule has 0 aromatic carbocycles. The van der Waals surface area contributed by atoms with Crippen molar-refractivity contribution in [3.8, 4) is 10.6 Å². The number of amides is 1. The summed E-state index contributed by atoms with van der Waals surface area (Å²) in [4.78, 5) is 15.5. The van der Waals surface area contributed by atoms with Gasteiger partial charge in [-0.1, -0.05) is 11.2 Å². The predicted octanol–water partition coefficient (Wildman–Crippen LogP) is 3.91. The minimum atomic E-state index is 0. The quantitative estimate of drug-likeness (QED) is 0.708. The van der Waals surface area contributed by atoms with E-state index in [-0.39, 0.29) is 18.3 Å². The van der Waals surface area contributed by atoms with E-state index in [1.165, 1.54) is 6.42 Å². The van der Waals surface area contributed by atoms with E-state index in [2.05, 4.69) is 10.5 Å². The minimum Gasteiger partial charge on any atom is -0.355 e. The average Bonchev–Trinajstić information content (AvgIpc) is 3.31. The first-order valence-corrected chi connectivity index (χ1v) is 10.8. The summed E-state index contributed by atoms with van der Waals surface area (Å²) in [6, 6.07) is 5.99. The number of thioether (sulfide) groups is 1. The Bertz CT molecular complexity index is 655. The smallest absolute Gasteiger partial charge is 0.232 e. The van der Waals surface area contributed by atoms with E-state index < -0.39 is 0 Å². The van der Waals surface area contributed by atoms with Crippen molar-refractivity contribution in [3.05, 3.63) is 29.3 Å². The normalized spacial score (nSPS) is 15.0. The molecule has 8 heteroatoms. The summed E-state index contributed by atoms with van der Waals surface area (Å²) in [7, 11) is 1.99. The lowest BCUT2D eigenvalue weighted by molar-refractivity contribution is -0.129. The number of aromatic nitrogens is 1. The van der Waals surface area contributed by atoms with Gasteiger partial charge in [0.05, 0.1) is 16.3 Å². The number of hydrogen-bond acceptors (Lipinski definition) is 6. The maximum atomic E-state index is 12.4. The Kier molecular flexibility index (Phi) is 8.98. The van der Waals surface area contributed by atoms with E-state index in [0.717, 1.165) is 54.7 Å². The maximum absolute atomic E-state index is 12.4. The lowest BCUT2D eigenvalue weighted by Gasteiger charge is -2.32. The van der Waals surface area contributed by atoms with Crippen molar-refractivity contribution in [3.63, 3.8) is 0 Å². The van der Waals surface area contributed by atoms with Gasteiger partial charge in [-0.2, -0.15) is 0 Å². The third-order valence-electron chi connectivity index (χ3n) is 4.57. The van der Waals surface area contributed by atoms with Crippen LogP contribution in [0.15, 0.2) is 28.1 Å². The van der Waals surface area contributed by atoms with Gasteiger partial charge in [0.2, 0.25) is 5.91 Å². The largest absolute Gasteiger partial charge is 0.355 e. The van der Waals surface area contributed by atoms with E-state index in [1.807, 2.05) is 35.5 Å². The molecule has 0 atom stereocenters. The van der Waals surface area contributed by atoms with Crippen LogP contribution in [0.4, 0.5) is 0 Å². The monoisotopic (exact) mass is 415 g/mol. The van der Waals surface area contributed by atoms with Crippen molar-refractivity contribution >= 4 is 41.4 Å². The zero-order valence-electron chi connectivity index (χ0n) is 15.0. The molecular formula is C18H26ClN3O2S2. The van der Waals surface area contributed by atoms with E-state index in [0.29, 0.717) is 11.5 Å². The molecule has 3 heterocycles. The molecule has 1 aliphatic heterocycles. The first-order valence-electron chi connectivity index (χ1n) is 8.76. The molecule has 1 saturated heterocycles. The fourth-order valence-electron chi connectivity index (χ4n) is 3.07. The lowest BCUT2D eigenvalue weighted by Crippen LogP contribution is -2.39. The summed E-state index contributed by atoms with van der Waals surface area (Å²) >= 11 is 3.25. The number of nitrogens with zero attached hydrogens (tertiary/aromatic N) is 2. The standard InChI is InChI=1S/C18H25N3O2S2.ClH/c1-19-7-4-14-5-8-21(9-6-14)18(22)13-24-12-15-11-16(23-20-15)17-3-2-10-25-17;/h2-3,10-11,14,19H,4-9,12-13H2,1H3;1H. The summed E-state index contributed by atoms with van der Waals surface area (Å²) in [6.45, 7) is 2.88. The van der Waals surface area contributed by atoms with Gasteiger partial charge in [0.25, 0.3) is 0 Å². The van der Waals surface area contributed by atoms with Gasteiger partial charge in [-0.05, 0) is 50.2 Å². The maximum Gasteiger partial charge on any atom is 0.232 e. The number of thiophene rings is 1. The Morgan fingerprint density at radius 2 is 2.27 bits per heavy atom. The molecule has 2 aromatic heterocycles. The highest BCUT2D eigenvalue weighted by molar-refractivity contribution is 7.99. The third-order valence-corrected chi connectivity index (χ3v) is 6.40. The number of likely N-dealkylation sites (tertiary alicyclic amines) is 1. The van der Waals surface area contributed by atoms with Gasteiger partial charge in [-0.15, -0.1) is 35.5 Å². The van der Waals surface area contributed by atoms with Crippen molar-refractivity contribution < 1.29 is 9.32 Å². The fraction of sp³-hybridized carbons (Fsp3) is 0.556. The first kappa shape index (κ1) is 21.3. The molecule has 2 aromatic rings. The summed E-state index contributed by atoms with van der Waals surface area (Å²) in [5.74, 6) is 3.04. The van der Waals surface area contributed by atoms with Crippen LogP contribution >= 0.6 is 35.5 Å². The number of carbonyl (C=O) groups is 1. The zero-order chi connectivity index (χ0) is 17.5. The van der Waals surface area contributed by atoms with Gasteiger partial charge in [0.1, 0.15) is 0 Å². The second-order valence-corrected chi connectivity index (χ2v) is 8.30.